The SMILES string of the molecule is N=C(N)c1ccc(CCCCC(=O)N[C@@H]2C(=O)COC2c2ccccc2)cc1. The lowest BCUT2D eigenvalue weighted by atomic mass is 10.0. The standard InChI is InChI=1S/C22H25N3O3/c23-22(24)17-12-10-15(11-13-17)6-4-5-9-19(27)25-20-18(26)14-28-21(20)16-7-2-1-3-8-16/h1-3,7-8,10-13,20-21H,4-6,9,14H2,(H3,23,24)(H,25,27)/t20-,21?/m1/s1. The highest BCUT2D eigenvalue weighted by Gasteiger charge is 2.37. The molecule has 1 fully saturated rings. The van der Waals surface area contributed by atoms with Gasteiger partial charge in [0, 0.05) is 12.0 Å². The van der Waals surface area contributed by atoms with Crippen molar-refractivity contribution in [2.75, 3.05) is 6.61 Å². The van der Waals surface area contributed by atoms with Gasteiger partial charge in [0.05, 0.1) is 0 Å². The highest BCUT2D eigenvalue weighted by molar-refractivity contribution is 5.94. The number of aryl methyl sites for hydroxylation is 1. The molecule has 4 N–H and O–H groups in total. The van der Waals surface area contributed by atoms with E-state index in [0.717, 1.165) is 30.4 Å². The first-order chi connectivity index (χ1) is 13.5. The predicted molar refractivity (Wildman–Crippen MR) is 107 cm³/mol. The number of rotatable bonds is 8. The van der Waals surface area contributed by atoms with Gasteiger partial charge in [-0.15, -0.1) is 0 Å². The monoisotopic (exact) mass is 379 g/mol. The Hall–Kier alpha value is -2.99. The van der Waals surface area contributed by atoms with E-state index in [1.54, 1.807) is 0 Å². The maximum atomic E-state index is 12.3. The number of unbranched alkanes of at least 4 members (excludes halogenated alkanes) is 1. The molecule has 0 aliphatic carbocycles. The van der Waals surface area contributed by atoms with Gasteiger partial charge in [-0.05, 0) is 30.4 Å². The Balaban J connectivity index is 1.44. The Kier molecular flexibility index (Phi) is 6.55. The number of amidine groups is 1. The maximum Gasteiger partial charge on any atom is 0.220 e. The fourth-order valence-corrected chi connectivity index (χ4v) is 3.33. The van der Waals surface area contributed by atoms with Gasteiger partial charge in [-0.2, -0.15) is 0 Å². The number of benzene rings is 2. The second kappa shape index (κ2) is 9.28. The van der Waals surface area contributed by atoms with Gasteiger partial charge in [-0.3, -0.25) is 15.0 Å². The lowest BCUT2D eigenvalue weighted by molar-refractivity contribution is -0.126. The number of carbonyl (C=O) groups excluding carboxylic acids is 2. The Morgan fingerprint density at radius 3 is 2.50 bits per heavy atom. The van der Waals surface area contributed by atoms with Gasteiger partial charge in [0.2, 0.25) is 5.91 Å². The molecule has 1 heterocycles. The quantitative estimate of drug-likeness (QED) is 0.372. The summed E-state index contributed by atoms with van der Waals surface area (Å²) < 4.78 is 5.59. The van der Waals surface area contributed by atoms with Crippen LogP contribution in [-0.4, -0.2) is 30.2 Å². The predicted octanol–water partition coefficient (Wildman–Crippen LogP) is 2.51. The van der Waals surface area contributed by atoms with Crippen molar-refractivity contribution < 1.29 is 14.3 Å². The maximum absolute atomic E-state index is 12.3. The van der Waals surface area contributed by atoms with Crippen molar-refractivity contribution in [3.05, 3.63) is 71.3 Å². The molecule has 1 aliphatic heterocycles. The van der Waals surface area contributed by atoms with Gasteiger partial charge in [0.15, 0.2) is 5.78 Å². The first kappa shape index (κ1) is 19.8. The van der Waals surface area contributed by atoms with Crippen LogP contribution in [0.4, 0.5) is 0 Å². The van der Waals surface area contributed by atoms with E-state index in [9.17, 15) is 9.59 Å². The van der Waals surface area contributed by atoms with Crippen molar-refractivity contribution in [2.24, 2.45) is 5.73 Å². The summed E-state index contributed by atoms with van der Waals surface area (Å²) in [5.41, 5.74) is 8.20. The average molecular weight is 379 g/mol. The summed E-state index contributed by atoms with van der Waals surface area (Å²) in [6.45, 7) is 0.0285. The summed E-state index contributed by atoms with van der Waals surface area (Å²) in [6.07, 6.45) is 2.40. The summed E-state index contributed by atoms with van der Waals surface area (Å²) in [5, 5.41) is 10.2. The molecule has 0 radical (unpaired) electrons. The summed E-state index contributed by atoms with van der Waals surface area (Å²) in [4.78, 5) is 24.4. The average Bonchev–Trinajstić information content (AvgIpc) is 3.06. The van der Waals surface area contributed by atoms with Gasteiger partial charge in [0.1, 0.15) is 24.6 Å². The minimum absolute atomic E-state index is 0.0285. The molecule has 1 unspecified atom stereocenters. The molecule has 1 saturated heterocycles. The third kappa shape index (κ3) is 5.04. The second-order valence-corrected chi connectivity index (χ2v) is 6.97. The molecule has 0 bridgehead atoms. The molecule has 2 aromatic rings. The topological polar surface area (TPSA) is 105 Å². The van der Waals surface area contributed by atoms with Crippen LogP contribution in [-0.2, 0) is 20.7 Å². The summed E-state index contributed by atoms with van der Waals surface area (Å²) in [7, 11) is 0. The Labute approximate surface area is 164 Å². The number of amides is 1. The van der Waals surface area contributed by atoms with Crippen molar-refractivity contribution >= 4 is 17.5 Å². The smallest absolute Gasteiger partial charge is 0.220 e. The highest BCUT2D eigenvalue weighted by Crippen LogP contribution is 2.27. The first-order valence-corrected chi connectivity index (χ1v) is 9.46. The van der Waals surface area contributed by atoms with E-state index in [1.165, 1.54) is 0 Å². The van der Waals surface area contributed by atoms with Gasteiger partial charge < -0.3 is 15.8 Å². The zero-order valence-electron chi connectivity index (χ0n) is 15.7. The van der Waals surface area contributed by atoms with Gasteiger partial charge in [-0.1, -0.05) is 54.6 Å². The largest absolute Gasteiger partial charge is 0.384 e. The number of ketones is 1. The molecule has 28 heavy (non-hydrogen) atoms. The summed E-state index contributed by atoms with van der Waals surface area (Å²) in [6, 6.07) is 16.5. The number of hydrogen-bond donors (Lipinski definition) is 3. The van der Waals surface area contributed by atoms with Crippen molar-refractivity contribution in [1.29, 1.82) is 5.41 Å². The van der Waals surface area contributed by atoms with Crippen LogP contribution in [0.1, 0.15) is 42.1 Å². The number of carbonyl (C=O) groups is 2. The molecule has 0 spiro atoms. The molecule has 146 valence electrons. The number of hydrogen-bond acceptors (Lipinski definition) is 4. The van der Waals surface area contributed by atoms with Crippen LogP contribution < -0.4 is 11.1 Å². The van der Waals surface area contributed by atoms with E-state index in [0.29, 0.717) is 12.0 Å². The lowest BCUT2D eigenvalue weighted by Crippen LogP contribution is -2.41. The normalized spacial score (nSPS) is 18.8. The molecule has 2 aromatic carbocycles. The molecular formula is C22H25N3O3. The second-order valence-electron chi connectivity index (χ2n) is 6.97. The van der Waals surface area contributed by atoms with Crippen LogP contribution in [0.2, 0.25) is 0 Å². The summed E-state index contributed by atoms with van der Waals surface area (Å²) in [5.74, 6) is -0.160. The van der Waals surface area contributed by atoms with Crippen LogP contribution in [0.5, 0.6) is 0 Å². The number of ether oxygens (including phenoxy) is 1. The molecule has 2 atom stereocenters. The van der Waals surface area contributed by atoms with Crippen molar-refractivity contribution in [3.8, 4) is 0 Å². The highest BCUT2D eigenvalue weighted by atomic mass is 16.5. The molecule has 6 heteroatoms. The molecule has 0 aromatic heterocycles. The van der Waals surface area contributed by atoms with Gasteiger partial charge in [0.25, 0.3) is 0 Å². The Bertz CT molecular complexity index is 834. The zero-order valence-corrected chi connectivity index (χ0v) is 15.7. The van der Waals surface area contributed by atoms with E-state index in [2.05, 4.69) is 5.32 Å². The fraction of sp³-hybridized carbons (Fsp3) is 0.318. The number of nitrogens with two attached hydrogens (primary N) is 1. The minimum atomic E-state index is -0.617. The van der Waals surface area contributed by atoms with E-state index in [-0.39, 0.29) is 24.1 Å². The van der Waals surface area contributed by atoms with Crippen LogP contribution in [0, 0.1) is 5.41 Å². The van der Waals surface area contributed by atoms with Crippen molar-refractivity contribution in [3.63, 3.8) is 0 Å². The number of nitrogens with one attached hydrogen (secondary N) is 2. The Morgan fingerprint density at radius 1 is 1.11 bits per heavy atom. The molecule has 3 rings (SSSR count). The molecule has 0 saturated carbocycles. The Morgan fingerprint density at radius 2 is 1.82 bits per heavy atom. The van der Waals surface area contributed by atoms with Crippen LogP contribution >= 0.6 is 0 Å². The van der Waals surface area contributed by atoms with Crippen molar-refractivity contribution in [2.45, 2.75) is 37.8 Å². The first-order valence-electron chi connectivity index (χ1n) is 9.46. The van der Waals surface area contributed by atoms with Crippen LogP contribution in [0.25, 0.3) is 0 Å². The molecular weight excluding hydrogens is 354 g/mol. The van der Waals surface area contributed by atoms with Gasteiger partial charge in [-0.25, -0.2) is 0 Å². The van der Waals surface area contributed by atoms with E-state index in [1.807, 2.05) is 54.6 Å². The zero-order chi connectivity index (χ0) is 19.9. The third-order valence-electron chi connectivity index (χ3n) is 4.88. The van der Waals surface area contributed by atoms with Gasteiger partial charge >= 0.3 is 0 Å². The minimum Gasteiger partial charge on any atom is -0.384 e. The van der Waals surface area contributed by atoms with E-state index < -0.39 is 12.1 Å². The summed E-state index contributed by atoms with van der Waals surface area (Å²) >= 11 is 0. The molecule has 1 amide bonds. The molecule has 6 nitrogen and oxygen atoms in total. The van der Waals surface area contributed by atoms with Crippen LogP contribution in [0.15, 0.2) is 54.6 Å². The lowest BCUT2D eigenvalue weighted by Gasteiger charge is -2.19. The fourth-order valence-electron chi connectivity index (χ4n) is 3.33. The number of Topliss-reactive ketones (excluding diaryl/α,β-unsaturated/α-hetero) is 1. The van der Waals surface area contributed by atoms with Crippen LogP contribution in [0.3, 0.4) is 0 Å². The third-order valence-corrected chi connectivity index (χ3v) is 4.88. The van der Waals surface area contributed by atoms with E-state index in [4.69, 9.17) is 15.9 Å². The van der Waals surface area contributed by atoms with Crippen molar-refractivity contribution in [1.82, 2.24) is 5.32 Å². The molecule has 1 aliphatic rings. The van der Waals surface area contributed by atoms with E-state index >= 15 is 0 Å². The number of nitrogen functional groups attached to an aromatic ring is 1.